The summed E-state index contributed by atoms with van der Waals surface area (Å²) in [4.78, 5) is 17.5. The van der Waals surface area contributed by atoms with Gasteiger partial charge in [0.05, 0.1) is 11.0 Å². The number of nitrogen functional groups attached to an aromatic ring is 1. The molecule has 0 unspecified atom stereocenters. The van der Waals surface area contributed by atoms with Gasteiger partial charge in [0.1, 0.15) is 22.9 Å². The molecular formula is C10H7ClN4O3. The number of halogens is 1. The zero-order valence-electron chi connectivity index (χ0n) is 8.91. The van der Waals surface area contributed by atoms with Gasteiger partial charge in [0, 0.05) is 6.07 Å². The van der Waals surface area contributed by atoms with Crippen molar-refractivity contribution in [2.75, 3.05) is 5.73 Å². The van der Waals surface area contributed by atoms with Gasteiger partial charge in [-0.25, -0.2) is 4.98 Å². The van der Waals surface area contributed by atoms with E-state index in [9.17, 15) is 10.1 Å². The Morgan fingerprint density at radius 3 is 2.89 bits per heavy atom. The fraction of sp³-hybridized carbons (Fsp3) is 0. The van der Waals surface area contributed by atoms with Crippen molar-refractivity contribution in [2.45, 2.75) is 0 Å². The van der Waals surface area contributed by atoms with Crippen LogP contribution in [-0.2, 0) is 0 Å². The third kappa shape index (κ3) is 2.46. The second kappa shape index (κ2) is 4.84. The van der Waals surface area contributed by atoms with E-state index in [2.05, 4.69) is 9.97 Å². The van der Waals surface area contributed by atoms with Crippen molar-refractivity contribution >= 4 is 23.1 Å². The summed E-state index contributed by atoms with van der Waals surface area (Å²) >= 11 is 5.84. The largest absolute Gasteiger partial charge is 0.437 e. The minimum atomic E-state index is -0.525. The molecule has 0 fully saturated rings. The maximum Gasteiger partial charge on any atom is 0.273 e. The van der Waals surface area contributed by atoms with Crippen LogP contribution in [0.3, 0.4) is 0 Å². The van der Waals surface area contributed by atoms with Crippen LogP contribution in [0.1, 0.15) is 0 Å². The fourth-order valence-corrected chi connectivity index (χ4v) is 1.35. The smallest absolute Gasteiger partial charge is 0.273 e. The first-order valence-electron chi connectivity index (χ1n) is 4.76. The minimum absolute atomic E-state index is 0.0460. The van der Waals surface area contributed by atoms with E-state index >= 15 is 0 Å². The standard InChI is InChI=1S/C10H7ClN4O3/c11-8-9(12)13-5-14-10(8)18-7-3-1-2-6(4-7)15(16)17/h1-5H,(H2,12,13,14). The van der Waals surface area contributed by atoms with Crippen molar-refractivity contribution in [1.82, 2.24) is 9.97 Å². The Kier molecular flexibility index (Phi) is 3.24. The lowest BCUT2D eigenvalue weighted by Crippen LogP contribution is -1.96. The second-order valence-electron chi connectivity index (χ2n) is 3.23. The topological polar surface area (TPSA) is 104 Å². The predicted octanol–water partition coefficient (Wildman–Crippen LogP) is 2.41. The maximum atomic E-state index is 10.6. The van der Waals surface area contributed by atoms with Gasteiger partial charge in [-0.2, -0.15) is 4.98 Å². The first-order chi connectivity index (χ1) is 8.58. The lowest BCUT2D eigenvalue weighted by molar-refractivity contribution is -0.384. The van der Waals surface area contributed by atoms with Crippen LogP contribution in [0.15, 0.2) is 30.6 Å². The SMILES string of the molecule is Nc1ncnc(Oc2cccc([N+](=O)[O-])c2)c1Cl. The van der Waals surface area contributed by atoms with Gasteiger partial charge >= 0.3 is 0 Å². The molecule has 0 atom stereocenters. The zero-order chi connectivity index (χ0) is 13.1. The van der Waals surface area contributed by atoms with E-state index in [4.69, 9.17) is 22.1 Å². The van der Waals surface area contributed by atoms with Crippen LogP contribution >= 0.6 is 11.6 Å². The minimum Gasteiger partial charge on any atom is -0.437 e. The quantitative estimate of drug-likeness (QED) is 0.676. The van der Waals surface area contributed by atoms with Crippen molar-refractivity contribution in [3.8, 4) is 11.6 Å². The van der Waals surface area contributed by atoms with Crippen LogP contribution in [0.5, 0.6) is 11.6 Å². The lowest BCUT2D eigenvalue weighted by atomic mass is 10.3. The lowest BCUT2D eigenvalue weighted by Gasteiger charge is -2.06. The molecule has 0 saturated carbocycles. The molecule has 2 N–H and O–H groups in total. The number of nitrogens with two attached hydrogens (primary N) is 1. The summed E-state index contributed by atoms with van der Waals surface area (Å²) in [6, 6.07) is 5.64. The van der Waals surface area contributed by atoms with E-state index in [1.54, 1.807) is 6.07 Å². The maximum absolute atomic E-state index is 10.6. The Morgan fingerprint density at radius 1 is 1.39 bits per heavy atom. The average molecular weight is 267 g/mol. The predicted molar refractivity (Wildman–Crippen MR) is 64.6 cm³/mol. The summed E-state index contributed by atoms with van der Waals surface area (Å²) < 4.78 is 5.31. The highest BCUT2D eigenvalue weighted by molar-refractivity contribution is 6.34. The van der Waals surface area contributed by atoms with Crippen molar-refractivity contribution < 1.29 is 9.66 Å². The molecule has 92 valence electrons. The van der Waals surface area contributed by atoms with Crippen molar-refractivity contribution in [3.05, 3.63) is 45.7 Å². The number of rotatable bonds is 3. The van der Waals surface area contributed by atoms with E-state index in [1.165, 1.54) is 24.5 Å². The summed E-state index contributed by atoms with van der Waals surface area (Å²) in [6.45, 7) is 0. The molecule has 0 saturated heterocycles. The summed E-state index contributed by atoms with van der Waals surface area (Å²) in [5, 5.41) is 10.7. The number of ether oxygens (including phenoxy) is 1. The Bertz CT molecular complexity index is 605. The van der Waals surface area contributed by atoms with Crippen LogP contribution in [-0.4, -0.2) is 14.9 Å². The highest BCUT2D eigenvalue weighted by Crippen LogP contribution is 2.30. The molecule has 18 heavy (non-hydrogen) atoms. The van der Waals surface area contributed by atoms with E-state index < -0.39 is 4.92 Å². The third-order valence-corrected chi connectivity index (χ3v) is 2.38. The zero-order valence-corrected chi connectivity index (χ0v) is 9.66. The van der Waals surface area contributed by atoms with E-state index in [0.29, 0.717) is 0 Å². The van der Waals surface area contributed by atoms with Crippen LogP contribution in [0.25, 0.3) is 0 Å². The van der Waals surface area contributed by atoms with Gasteiger partial charge in [-0.1, -0.05) is 17.7 Å². The molecule has 0 spiro atoms. The number of anilines is 1. The van der Waals surface area contributed by atoms with E-state index in [0.717, 1.165) is 0 Å². The summed E-state index contributed by atoms with van der Waals surface area (Å²) in [5.74, 6) is 0.362. The van der Waals surface area contributed by atoms with Crippen molar-refractivity contribution in [3.63, 3.8) is 0 Å². The van der Waals surface area contributed by atoms with E-state index in [1.807, 2.05) is 0 Å². The van der Waals surface area contributed by atoms with Gasteiger partial charge in [0.15, 0.2) is 0 Å². The van der Waals surface area contributed by atoms with Crippen molar-refractivity contribution in [2.24, 2.45) is 0 Å². The molecular weight excluding hydrogens is 260 g/mol. The summed E-state index contributed by atoms with van der Waals surface area (Å²) in [6.07, 6.45) is 1.19. The molecule has 8 heteroatoms. The number of hydrogen-bond acceptors (Lipinski definition) is 6. The molecule has 1 heterocycles. The Balaban J connectivity index is 2.31. The average Bonchev–Trinajstić information content (AvgIpc) is 2.35. The summed E-state index contributed by atoms with van der Waals surface area (Å²) in [7, 11) is 0. The molecule has 1 aromatic carbocycles. The number of nitrogens with zero attached hydrogens (tertiary/aromatic N) is 3. The second-order valence-corrected chi connectivity index (χ2v) is 3.61. The van der Waals surface area contributed by atoms with Gasteiger partial charge in [-0.15, -0.1) is 0 Å². The number of nitro benzene ring substituents is 1. The molecule has 7 nitrogen and oxygen atoms in total. The van der Waals surface area contributed by atoms with Gasteiger partial charge in [-0.05, 0) is 6.07 Å². The number of aromatic nitrogens is 2. The monoisotopic (exact) mass is 266 g/mol. The fourth-order valence-electron chi connectivity index (χ4n) is 1.21. The first kappa shape index (κ1) is 12.1. The highest BCUT2D eigenvalue weighted by Gasteiger charge is 2.11. The first-order valence-corrected chi connectivity index (χ1v) is 5.14. The highest BCUT2D eigenvalue weighted by atomic mass is 35.5. The summed E-state index contributed by atoms with van der Waals surface area (Å²) in [5.41, 5.74) is 5.39. The van der Waals surface area contributed by atoms with Crippen molar-refractivity contribution in [1.29, 1.82) is 0 Å². The Labute approximate surface area is 106 Å². The van der Waals surface area contributed by atoms with Crippen LogP contribution < -0.4 is 10.5 Å². The molecule has 0 aliphatic heterocycles. The molecule has 0 amide bonds. The third-order valence-electron chi connectivity index (χ3n) is 2.03. The van der Waals surface area contributed by atoms with Crippen LogP contribution in [0.4, 0.5) is 11.5 Å². The number of benzene rings is 1. The molecule has 0 radical (unpaired) electrons. The number of nitro groups is 1. The molecule has 0 aliphatic carbocycles. The van der Waals surface area contributed by atoms with Crippen LogP contribution in [0.2, 0.25) is 5.02 Å². The Morgan fingerprint density at radius 2 is 2.17 bits per heavy atom. The molecule has 0 aliphatic rings. The normalized spacial score (nSPS) is 10.1. The number of non-ortho nitro benzene ring substituents is 1. The Hall–Kier alpha value is -2.41. The molecule has 1 aromatic heterocycles. The van der Waals surface area contributed by atoms with Gasteiger partial charge in [0.25, 0.3) is 5.69 Å². The molecule has 2 rings (SSSR count). The van der Waals surface area contributed by atoms with Gasteiger partial charge in [0.2, 0.25) is 5.88 Å². The molecule has 0 bridgehead atoms. The van der Waals surface area contributed by atoms with Crippen LogP contribution in [0, 0.1) is 10.1 Å². The number of hydrogen-bond donors (Lipinski definition) is 1. The van der Waals surface area contributed by atoms with Gasteiger partial charge in [-0.3, -0.25) is 10.1 Å². The van der Waals surface area contributed by atoms with E-state index in [-0.39, 0.29) is 28.2 Å². The molecule has 2 aromatic rings. The van der Waals surface area contributed by atoms with Gasteiger partial charge < -0.3 is 10.5 Å².